The first-order valence-corrected chi connectivity index (χ1v) is 9.26. The van der Waals surface area contributed by atoms with Crippen molar-refractivity contribution < 1.29 is 23.5 Å². The average Bonchev–Trinajstić information content (AvgIpc) is 3.34. The Labute approximate surface area is 162 Å². The number of rotatable bonds is 6. The van der Waals surface area contributed by atoms with Crippen LogP contribution in [0.2, 0.25) is 0 Å². The summed E-state index contributed by atoms with van der Waals surface area (Å²) in [5.74, 6) is 1.03. The lowest BCUT2D eigenvalue weighted by molar-refractivity contribution is 0.0443. The second kappa shape index (κ2) is 7.76. The fourth-order valence-electron chi connectivity index (χ4n) is 3.65. The number of furan rings is 1. The van der Waals surface area contributed by atoms with E-state index >= 15 is 0 Å². The minimum Gasteiger partial charge on any atom is -0.490 e. The fraction of sp³-hybridized carbons (Fsp3) is 0.273. The smallest absolute Gasteiger partial charge is 0.355 e. The van der Waals surface area contributed by atoms with Crippen molar-refractivity contribution in [2.24, 2.45) is 0 Å². The molecule has 3 aromatic rings. The van der Waals surface area contributed by atoms with E-state index in [1.54, 1.807) is 13.2 Å². The molecule has 1 atom stereocenters. The number of para-hydroxylation sites is 1. The molecule has 0 aliphatic heterocycles. The molecule has 4 rings (SSSR count). The van der Waals surface area contributed by atoms with Gasteiger partial charge >= 0.3 is 5.97 Å². The summed E-state index contributed by atoms with van der Waals surface area (Å²) in [4.78, 5) is 28.2. The number of hydrogen-bond donors (Lipinski definition) is 1. The zero-order valence-corrected chi connectivity index (χ0v) is 15.6. The Bertz CT molecular complexity index is 972. The molecular formula is C22H21NO5. The number of hydrogen-bond acceptors (Lipinski definition) is 5. The summed E-state index contributed by atoms with van der Waals surface area (Å²) in [7, 11) is 0. The molecule has 6 nitrogen and oxygen atoms in total. The summed E-state index contributed by atoms with van der Waals surface area (Å²) in [6, 6.07) is 13.0. The average molecular weight is 379 g/mol. The van der Waals surface area contributed by atoms with Crippen molar-refractivity contribution >= 4 is 11.8 Å². The van der Waals surface area contributed by atoms with Crippen molar-refractivity contribution in [3.63, 3.8) is 0 Å². The maximum atomic E-state index is 12.6. The van der Waals surface area contributed by atoms with Crippen molar-refractivity contribution in [1.82, 2.24) is 4.98 Å². The number of carbonyl (C=O) groups is 2. The summed E-state index contributed by atoms with van der Waals surface area (Å²) in [6.45, 7) is 2.16. The predicted molar refractivity (Wildman–Crippen MR) is 102 cm³/mol. The first kappa shape index (κ1) is 18.1. The number of carbonyl (C=O) groups excluding carboxylic acids is 2. The Morgan fingerprint density at radius 1 is 1.14 bits per heavy atom. The molecule has 144 valence electrons. The molecule has 2 heterocycles. The van der Waals surface area contributed by atoms with Crippen LogP contribution in [-0.2, 0) is 11.2 Å². The quantitative estimate of drug-likeness (QED) is 0.516. The van der Waals surface area contributed by atoms with Gasteiger partial charge in [0.15, 0.2) is 5.78 Å². The van der Waals surface area contributed by atoms with Gasteiger partial charge in [0.2, 0.25) is 0 Å². The number of ether oxygens (including phenoxy) is 2. The molecule has 1 N–H and O–H groups in total. The molecule has 6 heteroatoms. The Morgan fingerprint density at radius 2 is 1.96 bits per heavy atom. The van der Waals surface area contributed by atoms with Gasteiger partial charge in [-0.25, -0.2) is 4.79 Å². The summed E-state index contributed by atoms with van der Waals surface area (Å²) in [5.41, 5.74) is 2.35. The Balaban J connectivity index is 1.41. The fourth-order valence-corrected chi connectivity index (χ4v) is 3.65. The predicted octanol–water partition coefficient (Wildman–Crippen LogP) is 4.06. The number of nitrogens with one attached hydrogen (secondary N) is 1. The normalized spacial score (nSPS) is 15.9. The molecule has 0 radical (unpaired) electrons. The molecule has 1 aliphatic rings. The zero-order chi connectivity index (χ0) is 19.5. The topological polar surface area (TPSA) is 81.5 Å². The number of ketones is 1. The molecule has 0 fully saturated rings. The highest BCUT2D eigenvalue weighted by Gasteiger charge is 2.33. The maximum Gasteiger partial charge on any atom is 0.355 e. The molecule has 0 bridgehead atoms. The summed E-state index contributed by atoms with van der Waals surface area (Å²) < 4.78 is 16.3. The molecule has 1 aliphatic carbocycles. The van der Waals surface area contributed by atoms with E-state index in [0.29, 0.717) is 29.7 Å². The first-order chi connectivity index (χ1) is 13.6. The van der Waals surface area contributed by atoms with Gasteiger partial charge in [-0.05, 0) is 43.2 Å². The van der Waals surface area contributed by atoms with Crippen LogP contribution >= 0.6 is 0 Å². The van der Waals surface area contributed by atoms with E-state index in [9.17, 15) is 9.59 Å². The van der Waals surface area contributed by atoms with E-state index in [1.807, 2.05) is 42.5 Å². The van der Waals surface area contributed by atoms with Crippen LogP contribution in [0.15, 0.2) is 53.1 Å². The third-order valence-corrected chi connectivity index (χ3v) is 4.97. The molecule has 0 saturated carbocycles. The van der Waals surface area contributed by atoms with Crippen molar-refractivity contribution in [2.45, 2.75) is 25.7 Å². The van der Waals surface area contributed by atoms with Gasteiger partial charge < -0.3 is 18.9 Å². The van der Waals surface area contributed by atoms with Gasteiger partial charge in [-0.2, -0.15) is 0 Å². The van der Waals surface area contributed by atoms with Gasteiger partial charge in [0.25, 0.3) is 0 Å². The van der Waals surface area contributed by atoms with Crippen LogP contribution in [0.25, 0.3) is 0 Å². The van der Waals surface area contributed by atoms with Gasteiger partial charge in [-0.15, -0.1) is 0 Å². The van der Waals surface area contributed by atoms with Crippen LogP contribution in [0.1, 0.15) is 50.2 Å². The number of benzene rings is 1. The van der Waals surface area contributed by atoms with Crippen molar-refractivity contribution in [3.8, 4) is 5.75 Å². The van der Waals surface area contributed by atoms with E-state index < -0.39 is 5.97 Å². The van der Waals surface area contributed by atoms with E-state index in [4.69, 9.17) is 13.9 Å². The minimum absolute atomic E-state index is 0.0165. The second-order valence-corrected chi connectivity index (χ2v) is 6.82. The molecule has 0 spiro atoms. The lowest BCUT2D eigenvalue weighted by Gasteiger charge is -2.19. The molecule has 2 aromatic heterocycles. The summed E-state index contributed by atoms with van der Waals surface area (Å²) in [6.07, 6.45) is 2.61. The van der Waals surface area contributed by atoms with E-state index in [0.717, 1.165) is 17.2 Å². The highest BCUT2D eigenvalue weighted by Crippen LogP contribution is 2.35. The first-order valence-electron chi connectivity index (χ1n) is 9.26. The van der Waals surface area contributed by atoms with E-state index in [-0.39, 0.29) is 24.9 Å². The van der Waals surface area contributed by atoms with Gasteiger partial charge in [0, 0.05) is 23.6 Å². The van der Waals surface area contributed by atoms with Gasteiger partial charge in [-0.1, -0.05) is 18.2 Å². The van der Waals surface area contributed by atoms with Gasteiger partial charge in [-0.3, -0.25) is 4.79 Å². The van der Waals surface area contributed by atoms with Crippen LogP contribution in [0.5, 0.6) is 5.75 Å². The maximum absolute atomic E-state index is 12.6. The van der Waals surface area contributed by atoms with Crippen molar-refractivity contribution in [1.29, 1.82) is 0 Å². The van der Waals surface area contributed by atoms with Crippen molar-refractivity contribution in [2.75, 3.05) is 13.2 Å². The number of aromatic amines is 1. The summed E-state index contributed by atoms with van der Waals surface area (Å²) >= 11 is 0. The molecule has 0 saturated heterocycles. The molecule has 28 heavy (non-hydrogen) atoms. The third-order valence-electron chi connectivity index (χ3n) is 4.97. The molecule has 1 unspecified atom stereocenters. The Hall–Kier alpha value is -3.28. The van der Waals surface area contributed by atoms with Gasteiger partial charge in [0.1, 0.15) is 30.4 Å². The SMILES string of the molecule is Cc1c(C(=O)OCCOc2ccccc2)[nH]c2c1C(=O)CC(c1ccco1)C2. The van der Waals surface area contributed by atoms with E-state index in [1.165, 1.54) is 0 Å². The lowest BCUT2D eigenvalue weighted by Crippen LogP contribution is -2.18. The second-order valence-electron chi connectivity index (χ2n) is 6.82. The van der Waals surface area contributed by atoms with Crippen LogP contribution < -0.4 is 4.74 Å². The van der Waals surface area contributed by atoms with Crippen LogP contribution in [0, 0.1) is 6.92 Å². The number of H-pyrrole nitrogens is 1. The van der Waals surface area contributed by atoms with E-state index in [2.05, 4.69) is 4.98 Å². The lowest BCUT2D eigenvalue weighted by atomic mass is 9.84. The van der Waals surface area contributed by atoms with Crippen LogP contribution in [-0.4, -0.2) is 30.0 Å². The summed E-state index contributed by atoms with van der Waals surface area (Å²) in [5, 5.41) is 0. The minimum atomic E-state index is -0.481. The van der Waals surface area contributed by atoms with Crippen LogP contribution in [0.4, 0.5) is 0 Å². The Kier molecular flexibility index (Phi) is 5.02. The monoisotopic (exact) mass is 379 g/mol. The number of Topliss-reactive ketones (excluding diaryl/α,β-unsaturated/α-hetero) is 1. The zero-order valence-electron chi connectivity index (χ0n) is 15.6. The largest absolute Gasteiger partial charge is 0.490 e. The highest BCUT2D eigenvalue weighted by atomic mass is 16.6. The third kappa shape index (κ3) is 3.58. The van der Waals surface area contributed by atoms with Gasteiger partial charge in [0.05, 0.1) is 6.26 Å². The number of esters is 1. The van der Waals surface area contributed by atoms with Crippen molar-refractivity contribution in [3.05, 3.63) is 77.0 Å². The molecule has 1 aromatic carbocycles. The standard InChI is InChI=1S/C22H21NO5/c1-14-20-17(12-15(13-18(20)24)19-8-5-9-27-19)23-21(14)22(25)28-11-10-26-16-6-3-2-4-7-16/h2-9,15,23H,10-13H2,1H3. The molecular weight excluding hydrogens is 358 g/mol. The highest BCUT2D eigenvalue weighted by molar-refractivity contribution is 6.03. The number of fused-ring (bicyclic) bond motifs is 1. The van der Waals surface area contributed by atoms with Crippen LogP contribution in [0.3, 0.4) is 0 Å². The Morgan fingerprint density at radius 3 is 2.71 bits per heavy atom. The number of aromatic nitrogens is 1. The molecule has 0 amide bonds.